The van der Waals surface area contributed by atoms with Gasteiger partial charge in [0.05, 0.1) is 17.8 Å². The van der Waals surface area contributed by atoms with Gasteiger partial charge in [0.25, 0.3) is 0 Å². The van der Waals surface area contributed by atoms with E-state index in [1.807, 2.05) is 6.92 Å². The van der Waals surface area contributed by atoms with Crippen molar-refractivity contribution in [2.75, 3.05) is 6.61 Å². The summed E-state index contributed by atoms with van der Waals surface area (Å²) in [6.07, 6.45) is 9.50. The molecule has 0 N–H and O–H groups in total. The van der Waals surface area contributed by atoms with E-state index in [2.05, 4.69) is 26.8 Å². The van der Waals surface area contributed by atoms with Gasteiger partial charge >= 0.3 is 5.97 Å². The molecule has 0 radical (unpaired) electrons. The van der Waals surface area contributed by atoms with Crippen LogP contribution in [0.15, 0.2) is 23.0 Å². The highest BCUT2D eigenvalue weighted by molar-refractivity contribution is 5.91. The zero-order valence-electron chi connectivity index (χ0n) is 17.5. The molecule has 1 unspecified atom stereocenters. The van der Waals surface area contributed by atoms with Crippen LogP contribution in [0.1, 0.15) is 66.2 Å². The molecule has 2 spiro atoms. The number of carbonyl (C=O) groups excluding carboxylic acids is 1. The van der Waals surface area contributed by atoms with E-state index in [0.29, 0.717) is 23.7 Å². The number of fused-ring (bicyclic) bond motifs is 3. The van der Waals surface area contributed by atoms with Crippen molar-refractivity contribution in [3.8, 4) is 0 Å². The highest BCUT2D eigenvalue weighted by Gasteiger charge is 2.79. The molecule has 4 heteroatoms. The number of rotatable bonds is 0. The van der Waals surface area contributed by atoms with Crippen molar-refractivity contribution in [1.29, 1.82) is 0 Å². The Bertz CT molecular complexity index is 816. The van der Waals surface area contributed by atoms with Crippen molar-refractivity contribution >= 4 is 5.97 Å². The summed E-state index contributed by atoms with van der Waals surface area (Å²) in [5.74, 6) is 2.45. The van der Waals surface area contributed by atoms with E-state index >= 15 is 0 Å². The molecule has 0 amide bonds. The Morgan fingerprint density at radius 2 is 1.89 bits per heavy atom. The normalized spacial score (nSPS) is 52.5. The second kappa shape index (κ2) is 5.24. The molecule has 152 valence electrons. The van der Waals surface area contributed by atoms with Crippen LogP contribution in [0.25, 0.3) is 0 Å². The molecule has 6 rings (SSSR count). The zero-order valence-corrected chi connectivity index (χ0v) is 17.5. The maximum Gasteiger partial charge on any atom is 0.338 e. The summed E-state index contributed by atoms with van der Waals surface area (Å²) in [6.45, 7) is 9.38. The van der Waals surface area contributed by atoms with Gasteiger partial charge in [-0.3, -0.25) is 0 Å². The minimum atomic E-state index is -0.385. The fourth-order valence-corrected chi connectivity index (χ4v) is 8.06. The van der Waals surface area contributed by atoms with E-state index in [4.69, 9.17) is 14.2 Å². The van der Waals surface area contributed by atoms with Crippen LogP contribution in [0.5, 0.6) is 0 Å². The van der Waals surface area contributed by atoms with Gasteiger partial charge in [-0.05, 0) is 72.1 Å². The molecule has 4 fully saturated rings. The summed E-state index contributed by atoms with van der Waals surface area (Å²) in [6, 6.07) is 0. The number of hydrogen-bond donors (Lipinski definition) is 0. The predicted molar refractivity (Wildman–Crippen MR) is 104 cm³/mol. The zero-order chi connectivity index (χ0) is 19.5. The summed E-state index contributed by atoms with van der Waals surface area (Å²) in [5.41, 5.74) is 2.10. The second-order valence-electron chi connectivity index (χ2n) is 10.9. The van der Waals surface area contributed by atoms with Crippen molar-refractivity contribution in [2.24, 2.45) is 29.1 Å². The molecule has 0 aromatic carbocycles. The predicted octanol–water partition coefficient (Wildman–Crippen LogP) is 4.54. The van der Waals surface area contributed by atoms with Gasteiger partial charge < -0.3 is 14.2 Å². The number of hydrogen-bond acceptors (Lipinski definition) is 4. The van der Waals surface area contributed by atoms with Crippen molar-refractivity contribution in [3.63, 3.8) is 0 Å². The van der Waals surface area contributed by atoms with Crippen LogP contribution in [-0.4, -0.2) is 29.9 Å². The van der Waals surface area contributed by atoms with Gasteiger partial charge in [0, 0.05) is 23.2 Å². The highest BCUT2D eigenvalue weighted by atomic mass is 16.6. The molecular formula is C24H32O4. The highest BCUT2D eigenvalue weighted by Crippen LogP contribution is 2.76. The third kappa shape index (κ3) is 1.94. The van der Waals surface area contributed by atoms with E-state index < -0.39 is 0 Å². The first kappa shape index (κ1) is 17.6. The molecule has 0 aromatic rings. The van der Waals surface area contributed by atoms with Gasteiger partial charge in [-0.25, -0.2) is 4.79 Å². The first-order chi connectivity index (χ1) is 13.3. The average molecular weight is 385 g/mol. The SMILES string of the molecule is CC1=C2C(=O)OC(C)(C)[C@@H]3CC[C@]4([C@@H]5CC/C(C)=C/CCC6(CO6)[C@H]5[C@@H]4O1)[C@@H]23. The lowest BCUT2D eigenvalue weighted by Crippen LogP contribution is -2.71. The number of ether oxygens (including phenoxy) is 3. The third-order valence-corrected chi connectivity index (χ3v) is 9.34. The number of esters is 1. The van der Waals surface area contributed by atoms with E-state index in [1.165, 1.54) is 12.0 Å². The molecule has 3 heterocycles. The van der Waals surface area contributed by atoms with Crippen molar-refractivity contribution in [2.45, 2.75) is 83.5 Å². The lowest BCUT2D eigenvalue weighted by Gasteiger charge is -2.67. The molecule has 2 saturated carbocycles. The number of carbonyl (C=O) groups is 1. The largest absolute Gasteiger partial charge is 0.493 e. The van der Waals surface area contributed by atoms with Crippen molar-refractivity contribution in [3.05, 3.63) is 23.0 Å². The number of allylic oxidation sites excluding steroid dienone is 3. The number of epoxide rings is 1. The van der Waals surface area contributed by atoms with Crippen LogP contribution >= 0.6 is 0 Å². The minimum Gasteiger partial charge on any atom is -0.493 e. The standard InChI is InChI=1S/C24H32O4/c1-13-6-5-10-23(12-26-23)19-16(8-7-13)24-11-9-15-18(24)17(14(2)27-20(19)24)21(25)28-22(15,3)4/h6,15-16,18-20H,5,7-12H2,1-4H3/b13-6+/t15-,16-,18-,19-,20+,23?,24+/m1/s1. The first-order valence-electron chi connectivity index (χ1n) is 11.2. The molecule has 3 aliphatic carbocycles. The fraction of sp³-hybridized carbons (Fsp3) is 0.792. The van der Waals surface area contributed by atoms with Crippen molar-refractivity contribution in [1.82, 2.24) is 0 Å². The van der Waals surface area contributed by atoms with E-state index in [9.17, 15) is 4.79 Å². The summed E-state index contributed by atoms with van der Waals surface area (Å²) in [4.78, 5) is 13.0. The molecule has 0 aromatic heterocycles. The summed E-state index contributed by atoms with van der Waals surface area (Å²) < 4.78 is 18.7. The maximum absolute atomic E-state index is 13.0. The Balaban J connectivity index is 1.48. The Morgan fingerprint density at radius 3 is 2.64 bits per heavy atom. The quantitative estimate of drug-likeness (QED) is 0.349. The van der Waals surface area contributed by atoms with Crippen LogP contribution in [0.2, 0.25) is 0 Å². The summed E-state index contributed by atoms with van der Waals surface area (Å²) >= 11 is 0. The van der Waals surface area contributed by atoms with Crippen LogP contribution in [-0.2, 0) is 19.0 Å². The lowest BCUT2D eigenvalue weighted by molar-refractivity contribution is -0.252. The summed E-state index contributed by atoms with van der Waals surface area (Å²) in [5, 5.41) is 0. The Kier molecular flexibility index (Phi) is 3.29. The first-order valence-corrected chi connectivity index (χ1v) is 11.2. The topological polar surface area (TPSA) is 48.1 Å². The average Bonchev–Trinajstić information content (AvgIpc) is 3.22. The smallest absolute Gasteiger partial charge is 0.338 e. The minimum absolute atomic E-state index is 0.0161. The van der Waals surface area contributed by atoms with Gasteiger partial charge in [-0.1, -0.05) is 11.6 Å². The monoisotopic (exact) mass is 384 g/mol. The van der Waals surface area contributed by atoms with Crippen molar-refractivity contribution < 1.29 is 19.0 Å². The van der Waals surface area contributed by atoms with Gasteiger partial charge in [0.1, 0.15) is 17.5 Å². The van der Waals surface area contributed by atoms with E-state index in [0.717, 1.165) is 50.0 Å². The fourth-order valence-electron chi connectivity index (χ4n) is 8.06. The maximum atomic E-state index is 13.0. The summed E-state index contributed by atoms with van der Waals surface area (Å²) in [7, 11) is 0. The molecule has 0 bridgehead atoms. The lowest BCUT2D eigenvalue weighted by atomic mass is 9.41. The van der Waals surface area contributed by atoms with Crippen LogP contribution in [0.4, 0.5) is 0 Å². The van der Waals surface area contributed by atoms with Gasteiger partial charge in [-0.2, -0.15) is 0 Å². The molecule has 2 saturated heterocycles. The van der Waals surface area contributed by atoms with E-state index in [1.54, 1.807) is 0 Å². The molecule has 4 nitrogen and oxygen atoms in total. The molecule has 6 aliphatic rings. The van der Waals surface area contributed by atoms with Crippen LogP contribution in [0, 0.1) is 29.1 Å². The Hall–Kier alpha value is -1.29. The van der Waals surface area contributed by atoms with Crippen LogP contribution < -0.4 is 0 Å². The Morgan fingerprint density at radius 1 is 1.11 bits per heavy atom. The molecular weight excluding hydrogens is 352 g/mol. The van der Waals surface area contributed by atoms with Gasteiger partial charge in [0.15, 0.2) is 0 Å². The molecule has 3 aliphatic heterocycles. The van der Waals surface area contributed by atoms with Gasteiger partial charge in [-0.15, -0.1) is 0 Å². The number of cyclic esters (lactones) is 1. The second-order valence-corrected chi connectivity index (χ2v) is 10.9. The molecule has 7 atom stereocenters. The third-order valence-electron chi connectivity index (χ3n) is 9.34. The Labute approximate surface area is 167 Å². The van der Waals surface area contributed by atoms with Gasteiger partial charge in [0.2, 0.25) is 0 Å². The van der Waals surface area contributed by atoms with Crippen LogP contribution in [0.3, 0.4) is 0 Å². The molecule has 28 heavy (non-hydrogen) atoms. The van der Waals surface area contributed by atoms with E-state index in [-0.39, 0.29) is 28.7 Å².